The number of aromatic amines is 2. The zero-order valence-electron chi connectivity index (χ0n) is 13.3. The molecule has 0 aliphatic heterocycles. The number of nitrogens with one attached hydrogen (secondary N) is 4. The summed E-state index contributed by atoms with van der Waals surface area (Å²) in [5.41, 5.74) is 2.02. The van der Waals surface area contributed by atoms with Crippen LogP contribution >= 0.6 is 12.2 Å². The van der Waals surface area contributed by atoms with E-state index in [1.54, 1.807) is 31.2 Å². The number of rotatable bonds is 4. The van der Waals surface area contributed by atoms with Crippen LogP contribution in [0.4, 0.5) is 15.8 Å². The van der Waals surface area contributed by atoms with Gasteiger partial charge in [-0.05, 0) is 42.5 Å². The molecular weight excluding hydrogens is 343 g/mol. The third-order valence-corrected chi connectivity index (χ3v) is 3.76. The summed E-state index contributed by atoms with van der Waals surface area (Å²) in [6, 6.07) is 9.12. The molecule has 0 radical (unpaired) electrons. The Hall–Kier alpha value is -3.00. The fourth-order valence-electron chi connectivity index (χ4n) is 2.41. The zero-order valence-corrected chi connectivity index (χ0v) is 14.1. The Morgan fingerprint density at radius 1 is 1.12 bits per heavy atom. The first kappa shape index (κ1) is 16.8. The van der Waals surface area contributed by atoms with Crippen LogP contribution in [0.5, 0.6) is 0 Å². The van der Waals surface area contributed by atoms with Gasteiger partial charge in [-0.2, -0.15) is 0 Å². The summed E-state index contributed by atoms with van der Waals surface area (Å²) in [7, 11) is 0. The average Bonchev–Trinajstić information content (AvgIpc) is 2.94. The van der Waals surface area contributed by atoms with Gasteiger partial charge in [-0.15, -0.1) is 0 Å². The lowest BCUT2D eigenvalue weighted by atomic mass is 10.1. The predicted octanol–water partition coefficient (Wildman–Crippen LogP) is 3.97. The van der Waals surface area contributed by atoms with Crippen LogP contribution in [0.1, 0.15) is 23.7 Å². The SMILES string of the molecule is CCC(=O)Nc1cccc(NC(=O)c2cc(F)cc3[nH]c(=S)[nH]c23)c1. The lowest BCUT2D eigenvalue weighted by molar-refractivity contribution is -0.115. The summed E-state index contributed by atoms with van der Waals surface area (Å²) in [5.74, 6) is -1.17. The van der Waals surface area contributed by atoms with Gasteiger partial charge in [0.15, 0.2) is 4.77 Å². The van der Waals surface area contributed by atoms with Crippen LogP contribution in [-0.4, -0.2) is 21.8 Å². The highest BCUT2D eigenvalue weighted by Crippen LogP contribution is 2.21. The summed E-state index contributed by atoms with van der Waals surface area (Å²) in [6.07, 6.45) is 0.352. The second-order valence-corrected chi connectivity index (χ2v) is 5.80. The van der Waals surface area contributed by atoms with Crippen molar-refractivity contribution in [1.82, 2.24) is 9.97 Å². The van der Waals surface area contributed by atoms with Crippen LogP contribution < -0.4 is 10.6 Å². The minimum Gasteiger partial charge on any atom is -0.331 e. The molecule has 0 aliphatic carbocycles. The molecule has 4 N–H and O–H groups in total. The van der Waals surface area contributed by atoms with E-state index in [2.05, 4.69) is 20.6 Å². The average molecular weight is 358 g/mol. The van der Waals surface area contributed by atoms with Crippen LogP contribution in [0.2, 0.25) is 0 Å². The third-order valence-electron chi connectivity index (χ3n) is 3.56. The first-order valence-electron chi connectivity index (χ1n) is 7.59. The minimum atomic E-state index is -0.549. The molecule has 0 saturated carbocycles. The molecule has 2 amide bonds. The topological polar surface area (TPSA) is 89.8 Å². The number of fused-ring (bicyclic) bond motifs is 1. The molecule has 0 saturated heterocycles. The third kappa shape index (κ3) is 3.74. The van der Waals surface area contributed by atoms with Crippen molar-refractivity contribution < 1.29 is 14.0 Å². The summed E-state index contributed by atoms with van der Waals surface area (Å²) < 4.78 is 14.1. The van der Waals surface area contributed by atoms with E-state index in [0.29, 0.717) is 33.6 Å². The Labute approximate surface area is 147 Å². The fourth-order valence-corrected chi connectivity index (χ4v) is 2.62. The largest absolute Gasteiger partial charge is 0.331 e. The maximum atomic E-state index is 13.8. The number of H-pyrrole nitrogens is 2. The van der Waals surface area contributed by atoms with E-state index in [1.165, 1.54) is 6.07 Å². The molecule has 0 unspecified atom stereocenters. The molecule has 1 heterocycles. The Morgan fingerprint density at radius 3 is 2.56 bits per heavy atom. The molecular formula is C17H15FN4O2S. The molecule has 0 spiro atoms. The minimum absolute atomic E-state index is 0.129. The van der Waals surface area contributed by atoms with Gasteiger partial charge in [-0.3, -0.25) is 9.59 Å². The highest BCUT2D eigenvalue weighted by molar-refractivity contribution is 7.71. The van der Waals surface area contributed by atoms with Gasteiger partial charge in [0, 0.05) is 17.8 Å². The molecule has 1 aromatic heterocycles. The highest BCUT2D eigenvalue weighted by atomic mass is 32.1. The number of imidazole rings is 1. The van der Waals surface area contributed by atoms with Gasteiger partial charge in [-0.1, -0.05) is 13.0 Å². The number of aromatic nitrogens is 2. The van der Waals surface area contributed by atoms with Gasteiger partial charge < -0.3 is 20.6 Å². The molecule has 128 valence electrons. The first-order chi connectivity index (χ1) is 12.0. The Balaban J connectivity index is 1.89. The molecule has 0 atom stereocenters. The number of carbonyl (C=O) groups excluding carboxylic acids is 2. The Bertz CT molecular complexity index is 1020. The van der Waals surface area contributed by atoms with Gasteiger partial charge in [0.05, 0.1) is 16.6 Å². The molecule has 0 aliphatic rings. The summed E-state index contributed by atoms with van der Waals surface area (Å²) in [5, 5.41) is 5.41. The van der Waals surface area contributed by atoms with Crippen LogP contribution in [0, 0.1) is 10.6 Å². The van der Waals surface area contributed by atoms with Crippen molar-refractivity contribution in [1.29, 1.82) is 0 Å². The summed E-state index contributed by atoms with van der Waals surface area (Å²) in [6.45, 7) is 1.75. The van der Waals surface area contributed by atoms with Crippen molar-refractivity contribution in [2.24, 2.45) is 0 Å². The van der Waals surface area contributed by atoms with Gasteiger partial charge in [0.2, 0.25) is 5.91 Å². The first-order valence-corrected chi connectivity index (χ1v) is 8.00. The zero-order chi connectivity index (χ0) is 18.0. The standard InChI is InChI=1S/C17H15FN4O2S/c1-2-14(23)19-10-4-3-5-11(8-10)20-16(24)12-6-9(18)7-13-15(12)22-17(25)21-13/h3-8H,2H2,1H3,(H,19,23)(H,20,24)(H2,21,22,25). The second-order valence-electron chi connectivity index (χ2n) is 5.39. The number of hydrogen-bond acceptors (Lipinski definition) is 3. The molecule has 0 bridgehead atoms. The van der Waals surface area contributed by atoms with E-state index >= 15 is 0 Å². The van der Waals surface area contributed by atoms with Crippen LogP contribution in [0.3, 0.4) is 0 Å². The van der Waals surface area contributed by atoms with Crippen molar-refractivity contribution in [2.45, 2.75) is 13.3 Å². The van der Waals surface area contributed by atoms with E-state index in [1.807, 2.05) is 0 Å². The van der Waals surface area contributed by atoms with E-state index < -0.39 is 11.7 Å². The molecule has 25 heavy (non-hydrogen) atoms. The molecule has 3 aromatic rings. The van der Waals surface area contributed by atoms with Crippen molar-refractivity contribution in [3.05, 3.63) is 52.5 Å². The van der Waals surface area contributed by atoms with E-state index in [0.717, 1.165) is 6.07 Å². The van der Waals surface area contributed by atoms with Crippen molar-refractivity contribution in [3.8, 4) is 0 Å². The van der Waals surface area contributed by atoms with Crippen molar-refractivity contribution in [2.75, 3.05) is 10.6 Å². The normalized spacial score (nSPS) is 10.6. The molecule has 0 fully saturated rings. The van der Waals surface area contributed by atoms with Crippen molar-refractivity contribution in [3.63, 3.8) is 0 Å². The second kappa shape index (κ2) is 6.86. The van der Waals surface area contributed by atoms with Gasteiger partial charge in [0.1, 0.15) is 5.82 Å². The van der Waals surface area contributed by atoms with Crippen molar-refractivity contribution >= 4 is 46.4 Å². The quantitative estimate of drug-likeness (QED) is 0.532. The summed E-state index contributed by atoms with van der Waals surface area (Å²) >= 11 is 5.00. The van der Waals surface area contributed by atoms with Crippen LogP contribution in [-0.2, 0) is 4.79 Å². The van der Waals surface area contributed by atoms with Crippen LogP contribution in [0.15, 0.2) is 36.4 Å². The predicted molar refractivity (Wildman–Crippen MR) is 96.8 cm³/mol. The summed E-state index contributed by atoms with van der Waals surface area (Å²) in [4.78, 5) is 29.6. The molecule has 6 nitrogen and oxygen atoms in total. The molecule has 8 heteroatoms. The Morgan fingerprint density at radius 2 is 1.84 bits per heavy atom. The smallest absolute Gasteiger partial charge is 0.257 e. The molecule has 3 rings (SSSR count). The number of halogens is 1. The number of benzene rings is 2. The van der Waals surface area contributed by atoms with E-state index in [-0.39, 0.29) is 11.5 Å². The maximum absolute atomic E-state index is 13.8. The van der Waals surface area contributed by atoms with Gasteiger partial charge in [0.25, 0.3) is 5.91 Å². The highest BCUT2D eigenvalue weighted by Gasteiger charge is 2.14. The fraction of sp³-hybridized carbons (Fsp3) is 0.118. The molecule has 2 aromatic carbocycles. The van der Waals surface area contributed by atoms with E-state index in [4.69, 9.17) is 12.2 Å². The number of amides is 2. The van der Waals surface area contributed by atoms with E-state index in [9.17, 15) is 14.0 Å². The van der Waals surface area contributed by atoms with Gasteiger partial charge >= 0.3 is 0 Å². The number of anilines is 2. The lowest BCUT2D eigenvalue weighted by Gasteiger charge is -2.09. The Kier molecular flexibility index (Phi) is 4.62. The van der Waals surface area contributed by atoms with Gasteiger partial charge in [-0.25, -0.2) is 4.39 Å². The lowest BCUT2D eigenvalue weighted by Crippen LogP contribution is -2.14. The van der Waals surface area contributed by atoms with Crippen LogP contribution in [0.25, 0.3) is 11.0 Å². The number of carbonyl (C=O) groups is 2. The maximum Gasteiger partial charge on any atom is 0.257 e. The monoisotopic (exact) mass is 358 g/mol. The number of hydrogen-bond donors (Lipinski definition) is 4.